The highest BCUT2D eigenvalue weighted by Gasteiger charge is 2.49. The van der Waals surface area contributed by atoms with Gasteiger partial charge in [0, 0.05) is 17.4 Å². The van der Waals surface area contributed by atoms with Crippen LogP contribution in [0, 0.1) is 0 Å². The number of thioether (sulfide) groups is 1. The van der Waals surface area contributed by atoms with Gasteiger partial charge in [0.1, 0.15) is 42.4 Å². The Hall–Kier alpha value is -2.54. The monoisotopic (exact) mass is 785 g/mol. The maximum Gasteiger partial charge on any atom is 0.481 e. The van der Waals surface area contributed by atoms with Crippen LogP contribution in [0.4, 0.5) is 10.6 Å². The molecule has 26 heteroatoms. The highest BCUT2D eigenvalue weighted by molar-refractivity contribution is 8.00. The van der Waals surface area contributed by atoms with E-state index in [1.165, 1.54) is 10.9 Å². The molecule has 0 radical (unpaired) electrons. The molecule has 0 bridgehead atoms. The van der Waals surface area contributed by atoms with Gasteiger partial charge in [-0.2, -0.15) is 16.1 Å². The molecule has 0 aromatic carbocycles. The second kappa shape index (κ2) is 15.4. The molecule has 0 saturated carbocycles. The lowest BCUT2D eigenvalue weighted by Crippen LogP contribution is -2.38. The lowest BCUT2D eigenvalue weighted by molar-refractivity contribution is -0.173. The fourth-order valence-corrected chi connectivity index (χ4v) is 9.75. The number of hydrogen-bond donors (Lipinski definition) is 9. The summed E-state index contributed by atoms with van der Waals surface area (Å²) >= 11 is 1.74. The van der Waals surface area contributed by atoms with Crippen molar-refractivity contribution >= 4 is 56.4 Å². The van der Waals surface area contributed by atoms with E-state index in [0.717, 1.165) is 18.5 Å². The van der Waals surface area contributed by atoms with Crippen LogP contribution in [0.5, 0.6) is 0 Å². The Labute approximate surface area is 292 Å². The molecule has 6 rings (SSSR count). The minimum Gasteiger partial charge on any atom is -0.454 e. The van der Waals surface area contributed by atoms with E-state index < -0.39 is 84.0 Å². The summed E-state index contributed by atoms with van der Waals surface area (Å²) in [7, 11) is -10.8. The van der Waals surface area contributed by atoms with E-state index in [-0.39, 0.29) is 46.8 Å². The minimum atomic E-state index is -5.41. The number of imidazole rings is 1. The number of amides is 2. The molecule has 3 unspecified atom stereocenters. The zero-order valence-corrected chi connectivity index (χ0v) is 29.0. The van der Waals surface area contributed by atoms with Gasteiger partial charge < -0.3 is 60.8 Å². The minimum absolute atomic E-state index is 0.0305. The zero-order chi connectivity index (χ0) is 36.7. The van der Waals surface area contributed by atoms with Crippen molar-refractivity contribution in [2.75, 3.05) is 24.7 Å². The fourth-order valence-electron chi connectivity index (χ4n) is 6.12. The Morgan fingerprint density at radius 3 is 2.43 bits per heavy atom. The summed E-state index contributed by atoms with van der Waals surface area (Å²) in [6.07, 6.45) is -8.45. The molecule has 0 aliphatic carbocycles. The van der Waals surface area contributed by atoms with Crippen LogP contribution in [-0.4, -0.2) is 141 Å². The van der Waals surface area contributed by atoms with Gasteiger partial charge in [0.25, 0.3) is 0 Å². The van der Waals surface area contributed by atoms with E-state index in [1.807, 2.05) is 0 Å². The number of aromatic nitrogens is 4. The number of rotatable bonds is 15. The summed E-state index contributed by atoms with van der Waals surface area (Å²) < 4.78 is 55.7. The Bertz CT molecular complexity index is 1690. The molecule has 10 N–H and O–H groups in total. The van der Waals surface area contributed by atoms with Crippen molar-refractivity contribution in [3.8, 4) is 0 Å². The van der Waals surface area contributed by atoms with E-state index in [0.29, 0.717) is 12.8 Å². The third-order valence-corrected chi connectivity index (χ3v) is 12.8. The number of nitrogens with zero attached hydrogens (tertiary/aromatic N) is 4. The largest absolute Gasteiger partial charge is 0.481 e. The number of ether oxygens (including phenoxy) is 3. The van der Waals surface area contributed by atoms with Gasteiger partial charge in [0.05, 0.1) is 31.6 Å². The number of phosphoric ester groups is 2. The molecular weight excluding hydrogens is 748 g/mol. The maximum absolute atomic E-state index is 12.5. The van der Waals surface area contributed by atoms with Crippen LogP contribution in [0.25, 0.3) is 11.2 Å². The number of nitrogen functional groups attached to an aromatic ring is 1. The molecule has 2 aromatic heterocycles. The van der Waals surface area contributed by atoms with E-state index in [4.69, 9.17) is 24.5 Å². The van der Waals surface area contributed by atoms with Gasteiger partial charge in [0.2, 0.25) is 0 Å². The summed E-state index contributed by atoms with van der Waals surface area (Å²) in [5, 5.41) is 47.6. The third kappa shape index (κ3) is 8.65. The van der Waals surface area contributed by atoms with Crippen molar-refractivity contribution in [2.45, 2.75) is 92.2 Å². The first kappa shape index (κ1) is 38.2. The molecule has 51 heavy (non-hydrogen) atoms. The first-order valence-corrected chi connectivity index (χ1v) is 19.7. The first-order valence-electron chi connectivity index (χ1n) is 15.6. The predicted octanol–water partition coefficient (Wildman–Crippen LogP) is -2.01. The lowest BCUT2D eigenvalue weighted by atomic mass is 10.0. The SMILES string of the molecule is Nc1ncnc2c1ncn2[C@@H]1O[C@H](COP(=O)(O)OP(=O)(O)OC[C@H]2OC(O)[C@H](OC(=O)CCCC[C@@H]3SC[C@@H]4NC(=O)N[C@@H]43)[C@@H]2O)[C@@H](O)[C@H]1O. The average molecular weight is 786 g/mol. The van der Waals surface area contributed by atoms with Crippen molar-refractivity contribution in [1.29, 1.82) is 0 Å². The summed E-state index contributed by atoms with van der Waals surface area (Å²) in [5.41, 5.74) is 6.11. The van der Waals surface area contributed by atoms with E-state index in [9.17, 15) is 48.9 Å². The van der Waals surface area contributed by atoms with Crippen LogP contribution >= 0.6 is 27.4 Å². The topological polar surface area (TPSA) is 339 Å². The lowest BCUT2D eigenvalue weighted by Gasteiger charge is -2.21. The van der Waals surface area contributed by atoms with Crippen molar-refractivity contribution in [3.05, 3.63) is 12.7 Å². The molecule has 0 spiro atoms. The number of nitrogens with one attached hydrogen (secondary N) is 2. The van der Waals surface area contributed by atoms with Crippen molar-refractivity contribution in [2.24, 2.45) is 0 Å². The number of carbonyl (C=O) groups excluding carboxylic acids is 2. The molecule has 6 heterocycles. The van der Waals surface area contributed by atoms with Gasteiger partial charge in [-0.1, -0.05) is 6.42 Å². The zero-order valence-electron chi connectivity index (χ0n) is 26.4. The second-order valence-corrected chi connectivity index (χ2v) is 16.4. The van der Waals surface area contributed by atoms with Crippen LogP contribution in [0.1, 0.15) is 31.9 Å². The van der Waals surface area contributed by atoms with Crippen LogP contribution < -0.4 is 16.4 Å². The van der Waals surface area contributed by atoms with Gasteiger partial charge in [-0.3, -0.25) is 18.4 Å². The standard InChI is InChI=1S/C25H37N7O16P2S/c26-21-16-22(28-8-27-21)32(9-29-16)23-19(36)17(34)11(45-23)5-43-49(39,40)48-50(41,42)44-6-12-18(35)20(24(37)46-12)47-14(33)4-2-1-3-13-15-10(7-51-13)30-25(38)31-15/h8-13,15,17-20,23-24,34-37H,1-7H2,(H,39,40)(H,41,42)(H2,26,27,28)(H2,30,31,38)/t10-,11+,12+,13-,15-,17+,18+,19+,20+,23+,24?/m0/s1. The number of esters is 1. The Balaban J connectivity index is 0.920. The molecule has 4 aliphatic rings. The predicted molar refractivity (Wildman–Crippen MR) is 169 cm³/mol. The fraction of sp³-hybridized carbons (Fsp3) is 0.720. The number of urea groups is 1. The quantitative estimate of drug-likeness (QED) is 0.0408. The number of fused-ring (bicyclic) bond motifs is 2. The summed E-state index contributed by atoms with van der Waals surface area (Å²) in [6.45, 7) is -1.87. The summed E-state index contributed by atoms with van der Waals surface area (Å²) in [4.78, 5) is 55.9. The molecular formula is C25H37N7O16P2S. The molecule has 4 aliphatic heterocycles. The summed E-state index contributed by atoms with van der Waals surface area (Å²) in [5.74, 6) is 0.110. The van der Waals surface area contributed by atoms with Gasteiger partial charge in [-0.05, 0) is 12.8 Å². The van der Waals surface area contributed by atoms with Gasteiger partial charge >= 0.3 is 27.6 Å². The smallest absolute Gasteiger partial charge is 0.454 e. The molecule has 4 fully saturated rings. The number of nitrogens with two attached hydrogens (primary N) is 1. The average Bonchev–Trinajstić information content (AvgIpc) is 3.86. The van der Waals surface area contributed by atoms with Crippen LogP contribution in [0.3, 0.4) is 0 Å². The number of carbonyl (C=O) groups is 2. The summed E-state index contributed by atoms with van der Waals surface area (Å²) in [6, 6.07) is -0.0795. The van der Waals surface area contributed by atoms with E-state index in [2.05, 4.69) is 34.4 Å². The molecule has 13 atom stereocenters. The van der Waals surface area contributed by atoms with Crippen LogP contribution in [0.15, 0.2) is 12.7 Å². The number of aliphatic hydroxyl groups excluding tert-OH is 4. The van der Waals surface area contributed by atoms with Crippen molar-refractivity contribution in [1.82, 2.24) is 30.2 Å². The highest BCUT2D eigenvalue weighted by atomic mass is 32.2. The molecule has 2 aromatic rings. The van der Waals surface area contributed by atoms with E-state index in [1.54, 1.807) is 11.8 Å². The molecule has 284 valence electrons. The Kier molecular flexibility index (Phi) is 11.6. The van der Waals surface area contributed by atoms with Crippen molar-refractivity contribution < 1.29 is 76.5 Å². The van der Waals surface area contributed by atoms with Crippen LogP contribution in [-0.2, 0) is 41.5 Å². The third-order valence-electron chi connectivity index (χ3n) is 8.65. The van der Waals surface area contributed by atoms with E-state index >= 15 is 0 Å². The normalized spacial score (nSPS) is 35.6. The first-order chi connectivity index (χ1) is 24.1. The van der Waals surface area contributed by atoms with Gasteiger partial charge in [0.15, 0.2) is 30.1 Å². The Morgan fingerprint density at radius 1 is 1.00 bits per heavy atom. The number of anilines is 1. The highest BCUT2D eigenvalue weighted by Crippen LogP contribution is 2.60. The van der Waals surface area contributed by atoms with Gasteiger partial charge in [-0.25, -0.2) is 28.9 Å². The van der Waals surface area contributed by atoms with Crippen LogP contribution in [0.2, 0.25) is 0 Å². The number of phosphoric acid groups is 2. The number of unbranched alkanes of at least 4 members (excludes halogenated alkanes) is 1. The van der Waals surface area contributed by atoms with Crippen molar-refractivity contribution in [3.63, 3.8) is 0 Å². The Morgan fingerprint density at radius 2 is 1.71 bits per heavy atom. The molecule has 2 amide bonds. The second-order valence-electron chi connectivity index (χ2n) is 12.1. The number of aliphatic hydroxyl groups is 4. The van der Waals surface area contributed by atoms with Gasteiger partial charge in [-0.15, -0.1) is 0 Å². The molecule has 4 saturated heterocycles. The molecule has 23 nitrogen and oxygen atoms in total. The maximum atomic E-state index is 12.5. The number of hydrogen-bond acceptors (Lipinski definition) is 19.